The smallest absolute Gasteiger partial charge is 0.192 e. The summed E-state index contributed by atoms with van der Waals surface area (Å²) in [7, 11) is -1.92. The lowest BCUT2D eigenvalue weighted by atomic mass is 9.70. The third-order valence-corrected chi connectivity index (χ3v) is 10.1. The van der Waals surface area contributed by atoms with Crippen LogP contribution in [-0.2, 0) is 9.22 Å². The Labute approximate surface area is 134 Å². The molecule has 118 valence electrons. The maximum atomic E-state index is 12.8. The lowest BCUT2D eigenvalue weighted by molar-refractivity contribution is -0.128. The highest BCUT2D eigenvalue weighted by Crippen LogP contribution is 2.49. The summed E-state index contributed by atoms with van der Waals surface area (Å²) < 4.78 is 6.71. The summed E-state index contributed by atoms with van der Waals surface area (Å²) in [5.41, 5.74) is 2.37. The fourth-order valence-electron chi connectivity index (χ4n) is 3.24. The van der Waals surface area contributed by atoms with Crippen LogP contribution in [0.2, 0.25) is 18.1 Å². The second-order valence-corrected chi connectivity index (χ2v) is 12.8. The quantitative estimate of drug-likeness (QED) is 0.567. The number of hydrogen-bond donors (Lipinski definition) is 0. The van der Waals surface area contributed by atoms with E-state index in [0.29, 0.717) is 5.78 Å². The zero-order valence-corrected chi connectivity index (χ0v) is 15.2. The summed E-state index contributed by atoms with van der Waals surface area (Å²) in [5.74, 6) is 0.262. The molecular weight excluding hydrogens is 288 g/mol. The van der Waals surface area contributed by atoms with Crippen LogP contribution in [-0.4, -0.2) is 14.1 Å². The molecular formula is C19H26O2Si. The Morgan fingerprint density at radius 2 is 1.77 bits per heavy atom. The van der Waals surface area contributed by atoms with E-state index in [1.807, 2.05) is 6.07 Å². The van der Waals surface area contributed by atoms with Crippen molar-refractivity contribution in [2.45, 2.75) is 57.3 Å². The molecule has 1 aromatic rings. The van der Waals surface area contributed by atoms with Crippen LogP contribution in [0.4, 0.5) is 0 Å². The van der Waals surface area contributed by atoms with Crippen LogP contribution < -0.4 is 0 Å². The second-order valence-electron chi connectivity index (χ2n) is 8.08. The van der Waals surface area contributed by atoms with Gasteiger partial charge in [0.2, 0.25) is 0 Å². The minimum Gasteiger partial charge on any atom is -0.409 e. The molecule has 0 heterocycles. The fourth-order valence-corrected chi connectivity index (χ4v) is 4.52. The summed E-state index contributed by atoms with van der Waals surface area (Å²) in [6.45, 7) is 11.3. The van der Waals surface area contributed by atoms with Gasteiger partial charge in [0.25, 0.3) is 0 Å². The second kappa shape index (κ2) is 5.17. The minimum absolute atomic E-state index is 0.0148. The van der Waals surface area contributed by atoms with Gasteiger partial charge >= 0.3 is 0 Å². The largest absolute Gasteiger partial charge is 0.409 e. The lowest BCUT2D eigenvalue weighted by Gasteiger charge is -2.45. The van der Waals surface area contributed by atoms with Crippen molar-refractivity contribution in [3.8, 4) is 0 Å². The number of fused-ring (bicyclic) bond motifs is 4. The number of hydrogen-bond acceptors (Lipinski definition) is 2. The van der Waals surface area contributed by atoms with E-state index < -0.39 is 8.32 Å². The summed E-state index contributed by atoms with van der Waals surface area (Å²) in [5, 5.41) is 0.145. The molecule has 3 rings (SSSR count). The lowest BCUT2D eigenvalue weighted by Crippen LogP contribution is -2.46. The van der Waals surface area contributed by atoms with Crippen molar-refractivity contribution in [2.75, 3.05) is 0 Å². The van der Waals surface area contributed by atoms with Crippen LogP contribution in [0.5, 0.6) is 0 Å². The summed E-state index contributed by atoms with van der Waals surface area (Å²) in [6, 6.07) is 8.33. The molecule has 2 aliphatic rings. The maximum Gasteiger partial charge on any atom is 0.192 e. The first kappa shape index (κ1) is 15.7. The molecule has 2 aliphatic carbocycles. The first-order valence-corrected chi connectivity index (χ1v) is 11.1. The third-order valence-electron chi connectivity index (χ3n) is 5.62. The average Bonchev–Trinajstić information content (AvgIpc) is 2.42. The van der Waals surface area contributed by atoms with Gasteiger partial charge in [0.15, 0.2) is 8.32 Å². The zero-order chi connectivity index (χ0) is 16.1. The fraction of sp³-hybridized carbons (Fsp3) is 0.526. The molecule has 22 heavy (non-hydrogen) atoms. The van der Waals surface area contributed by atoms with Crippen molar-refractivity contribution in [2.24, 2.45) is 5.92 Å². The molecule has 1 aromatic carbocycles. The predicted molar refractivity (Wildman–Crippen MR) is 92.5 cm³/mol. The number of carbonyl (C=O) groups excluding carboxylic acids is 1. The van der Waals surface area contributed by atoms with E-state index in [1.54, 1.807) is 0 Å². The molecule has 2 nitrogen and oxygen atoms in total. The number of allylic oxidation sites excluding steroid dienone is 2. The molecule has 0 fully saturated rings. The molecule has 3 atom stereocenters. The molecule has 0 amide bonds. The average molecular weight is 315 g/mol. The van der Waals surface area contributed by atoms with Crippen molar-refractivity contribution in [3.05, 3.63) is 47.5 Å². The van der Waals surface area contributed by atoms with Gasteiger partial charge in [0, 0.05) is 0 Å². The Bertz CT molecular complexity index is 625. The van der Waals surface area contributed by atoms with E-state index in [1.165, 1.54) is 5.56 Å². The van der Waals surface area contributed by atoms with Gasteiger partial charge < -0.3 is 4.43 Å². The molecule has 3 heteroatoms. The van der Waals surface area contributed by atoms with Gasteiger partial charge in [0.05, 0.1) is 17.9 Å². The highest BCUT2D eigenvalue weighted by Gasteiger charge is 2.47. The normalized spacial score (nSPS) is 27.7. The summed E-state index contributed by atoms with van der Waals surface area (Å²) >= 11 is 0. The summed E-state index contributed by atoms with van der Waals surface area (Å²) in [4.78, 5) is 12.8. The van der Waals surface area contributed by atoms with Gasteiger partial charge in [0.1, 0.15) is 5.78 Å². The highest BCUT2D eigenvalue weighted by atomic mass is 28.4. The molecule has 0 spiro atoms. The maximum absolute atomic E-state index is 12.8. The van der Waals surface area contributed by atoms with E-state index in [9.17, 15) is 4.79 Å². The van der Waals surface area contributed by atoms with E-state index >= 15 is 0 Å². The SMILES string of the molecule is CC(C)(C)[Si](C)(C)OC1c2ccccc2[C@H]2C=CC[C@@H]1C2=O. The van der Waals surface area contributed by atoms with Gasteiger partial charge in [-0.15, -0.1) is 0 Å². The first-order valence-electron chi connectivity index (χ1n) is 8.19. The van der Waals surface area contributed by atoms with Crippen molar-refractivity contribution in [1.29, 1.82) is 0 Å². The zero-order valence-electron chi connectivity index (χ0n) is 14.2. The Kier molecular flexibility index (Phi) is 3.69. The Balaban J connectivity index is 2.05. The Morgan fingerprint density at radius 1 is 1.14 bits per heavy atom. The van der Waals surface area contributed by atoms with E-state index in [0.717, 1.165) is 12.0 Å². The van der Waals surface area contributed by atoms with Crippen LogP contribution in [0.15, 0.2) is 36.4 Å². The molecule has 0 saturated heterocycles. The topological polar surface area (TPSA) is 26.3 Å². The Morgan fingerprint density at radius 3 is 2.41 bits per heavy atom. The van der Waals surface area contributed by atoms with E-state index in [2.05, 4.69) is 64.2 Å². The first-order chi connectivity index (χ1) is 10.2. The van der Waals surface area contributed by atoms with Gasteiger partial charge in [-0.05, 0) is 35.7 Å². The molecule has 0 aliphatic heterocycles. The molecule has 0 N–H and O–H groups in total. The van der Waals surface area contributed by atoms with Gasteiger partial charge in [-0.25, -0.2) is 0 Å². The standard InChI is InChI=1S/C19H26O2Si/c1-19(2,3)22(4,5)21-18-15-10-7-6-9-13(15)14-11-8-12-16(18)17(14)20/h6-11,14,16,18H,12H2,1-5H3/t14-,16-,18?/m1/s1. The predicted octanol–water partition coefficient (Wildman–Crippen LogP) is 4.99. The number of carbonyl (C=O) groups is 1. The van der Waals surface area contributed by atoms with Crippen molar-refractivity contribution in [1.82, 2.24) is 0 Å². The number of Topliss-reactive ketones (excluding diaryl/α,β-unsaturated/α-hetero) is 1. The van der Waals surface area contributed by atoms with Gasteiger partial charge in [-0.2, -0.15) is 0 Å². The van der Waals surface area contributed by atoms with Crippen LogP contribution in [0.1, 0.15) is 50.3 Å². The van der Waals surface area contributed by atoms with Crippen LogP contribution >= 0.6 is 0 Å². The van der Waals surface area contributed by atoms with E-state index in [4.69, 9.17) is 4.43 Å². The molecule has 0 radical (unpaired) electrons. The number of benzene rings is 1. The van der Waals surface area contributed by atoms with E-state index in [-0.39, 0.29) is 23.0 Å². The minimum atomic E-state index is -1.92. The van der Waals surface area contributed by atoms with Crippen LogP contribution in [0, 0.1) is 5.92 Å². The molecule has 0 aromatic heterocycles. The molecule has 1 unspecified atom stereocenters. The van der Waals surface area contributed by atoms with Crippen molar-refractivity contribution in [3.63, 3.8) is 0 Å². The monoisotopic (exact) mass is 314 g/mol. The number of ketones is 1. The van der Waals surface area contributed by atoms with Crippen molar-refractivity contribution < 1.29 is 9.22 Å². The van der Waals surface area contributed by atoms with Gasteiger partial charge in [-0.3, -0.25) is 4.79 Å². The summed E-state index contributed by atoms with van der Waals surface area (Å²) in [6.07, 6.45) is 4.96. The van der Waals surface area contributed by atoms with Gasteiger partial charge in [-0.1, -0.05) is 57.2 Å². The molecule has 0 saturated carbocycles. The number of rotatable bonds is 2. The van der Waals surface area contributed by atoms with Crippen LogP contribution in [0.3, 0.4) is 0 Å². The van der Waals surface area contributed by atoms with Crippen molar-refractivity contribution >= 4 is 14.1 Å². The Hall–Kier alpha value is -1.19. The molecule has 2 bridgehead atoms. The third kappa shape index (κ3) is 2.40. The van der Waals surface area contributed by atoms with Crippen LogP contribution in [0.25, 0.3) is 0 Å². The highest BCUT2D eigenvalue weighted by molar-refractivity contribution is 6.74.